The first kappa shape index (κ1) is 11.9. The fourth-order valence-corrected chi connectivity index (χ4v) is 2.59. The quantitative estimate of drug-likeness (QED) is 0.877. The first-order chi connectivity index (χ1) is 9.15. The molecule has 100 valence electrons. The molecular weight excluding hydrogens is 246 g/mol. The van der Waals surface area contributed by atoms with Gasteiger partial charge in [0, 0.05) is 31.9 Å². The van der Waals surface area contributed by atoms with Crippen molar-refractivity contribution in [1.29, 1.82) is 0 Å². The lowest BCUT2D eigenvalue weighted by molar-refractivity contribution is -0.137. The first-order valence-corrected chi connectivity index (χ1v) is 6.28. The summed E-state index contributed by atoms with van der Waals surface area (Å²) < 4.78 is 1.90. The Morgan fingerprint density at radius 2 is 2.37 bits per heavy atom. The maximum Gasteiger partial charge on any atom is 0.303 e. The lowest BCUT2D eigenvalue weighted by Gasteiger charge is -2.17. The lowest BCUT2D eigenvalue weighted by atomic mass is 10.1. The van der Waals surface area contributed by atoms with E-state index in [2.05, 4.69) is 20.1 Å². The first-order valence-electron chi connectivity index (χ1n) is 6.28. The van der Waals surface area contributed by atoms with E-state index in [1.54, 1.807) is 6.20 Å². The Balaban J connectivity index is 1.87. The number of fused-ring (bicyclic) bond motifs is 1. The van der Waals surface area contributed by atoms with Gasteiger partial charge in [-0.25, -0.2) is 4.98 Å². The van der Waals surface area contributed by atoms with Crippen LogP contribution in [0, 0.1) is 12.8 Å². The van der Waals surface area contributed by atoms with E-state index in [1.165, 1.54) is 0 Å². The summed E-state index contributed by atoms with van der Waals surface area (Å²) in [4.78, 5) is 17.2. The molecule has 0 aliphatic carbocycles. The summed E-state index contributed by atoms with van der Waals surface area (Å²) in [6.45, 7) is 3.42. The van der Waals surface area contributed by atoms with E-state index in [1.807, 2.05) is 17.5 Å². The third kappa shape index (κ3) is 2.11. The minimum Gasteiger partial charge on any atom is -0.481 e. The van der Waals surface area contributed by atoms with Crippen molar-refractivity contribution >= 4 is 17.4 Å². The predicted molar refractivity (Wildman–Crippen MR) is 68.1 cm³/mol. The van der Waals surface area contributed by atoms with Crippen molar-refractivity contribution in [2.24, 2.45) is 5.92 Å². The Bertz CT molecular complexity index is 624. The molecule has 0 radical (unpaired) electrons. The van der Waals surface area contributed by atoms with E-state index in [9.17, 15) is 4.79 Å². The molecule has 1 aliphatic heterocycles. The standard InChI is InChI=1S/C12H15N5O2/c1-8-14-15-12-11(13-3-5-17(8)12)16-4-2-9(7-16)6-10(18)19/h3,5,9H,2,4,6-7H2,1H3,(H,18,19). The fourth-order valence-electron chi connectivity index (χ4n) is 2.59. The molecule has 19 heavy (non-hydrogen) atoms. The van der Waals surface area contributed by atoms with Gasteiger partial charge < -0.3 is 10.0 Å². The lowest BCUT2D eigenvalue weighted by Crippen LogP contribution is -2.22. The number of carboxylic acids is 1. The molecule has 2 aromatic heterocycles. The molecule has 7 heteroatoms. The molecular formula is C12H15N5O2. The second-order valence-electron chi connectivity index (χ2n) is 4.89. The van der Waals surface area contributed by atoms with Crippen LogP contribution in [-0.2, 0) is 4.79 Å². The molecule has 7 nitrogen and oxygen atoms in total. The fraction of sp³-hybridized carbons (Fsp3) is 0.500. The van der Waals surface area contributed by atoms with Crippen LogP contribution in [0.5, 0.6) is 0 Å². The second kappa shape index (κ2) is 4.49. The summed E-state index contributed by atoms with van der Waals surface area (Å²) in [5.74, 6) is 1.05. The van der Waals surface area contributed by atoms with Crippen LogP contribution in [0.2, 0.25) is 0 Å². The average Bonchev–Trinajstić information content (AvgIpc) is 2.96. The molecule has 0 aromatic carbocycles. The second-order valence-corrected chi connectivity index (χ2v) is 4.89. The SMILES string of the molecule is Cc1nnc2c(N3CCC(CC(=O)O)C3)nccn12. The number of aryl methyl sites for hydroxylation is 1. The van der Waals surface area contributed by atoms with Crippen LogP contribution in [0.25, 0.3) is 5.65 Å². The van der Waals surface area contributed by atoms with Crippen LogP contribution in [0.1, 0.15) is 18.7 Å². The Labute approximate surface area is 109 Å². The van der Waals surface area contributed by atoms with Gasteiger partial charge in [0.2, 0.25) is 5.65 Å². The van der Waals surface area contributed by atoms with Gasteiger partial charge in [0.25, 0.3) is 0 Å². The summed E-state index contributed by atoms with van der Waals surface area (Å²) >= 11 is 0. The van der Waals surface area contributed by atoms with Crippen molar-refractivity contribution in [3.63, 3.8) is 0 Å². The van der Waals surface area contributed by atoms with Crippen LogP contribution in [0.3, 0.4) is 0 Å². The monoisotopic (exact) mass is 261 g/mol. The number of aliphatic carboxylic acids is 1. The highest BCUT2D eigenvalue weighted by Crippen LogP contribution is 2.26. The summed E-state index contributed by atoms with van der Waals surface area (Å²) in [6, 6.07) is 0. The Hall–Kier alpha value is -2.18. The number of hydrogen-bond acceptors (Lipinski definition) is 5. The number of hydrogen-bond donors (Lipinski definition) is 1. The molecule has 3 heterocycles. The minimum atomic E-state index is -0.739. The van der Waals surface area contributed by atoms with E-state index in [4.69, 9.17) is 5.11 Å². The molecule has 0 amide bonds. The van der Waals surface area contributed by atoms with Crippen molar-refractivity contribution in [2.75, 3.05) is 18.0 Å². The molecule has 0 saturated carbocycles. The van der Waals surface area contributed by atoms with Crippen LogP contribution in [0.4, 0.5) is 5.82 Å². The Morgan fingerprint density at radius 1 is 1.53 bits per heavy atom. The van der Waals surface area contributed by atoms with Crippen LogP contribution in [-0.4, -0.2) is 43.7 Å². The largest absolute Gasteiger partial charge is 0.481 e. The zero-order chi connectivity index (χ0) is 13.4. The molecule has 3 rings (SSSR count). The summed E-state index contributed by atoms with van der Waals surface area (Å²) in [7, 11) is 0. The number of anilines is 1. The molecule has 0 bridgehead atoms. The van der Waals surface area contributed by atoms with Crippen molar-refractivity contribution < 1.29 is 9.90 Å². The van der Waals surface area contributed by atoms with Crippen LogP contribution in [0.15, 0.2) is 12.4 Å². The van der Waals surface area contributed by atoms with Crippen LogP contribution >= 0.6 is 0 Å². The highest BCUT2D eigenvalue weighted by atomic mass is 16.4. The van der Waals surface area contributed by atoms with Gasteiger partial charge in [-0.2, -0.15) is 0 Å². The number of carboxylic acid groups (broad SMARTS) is 1. The van der Waals surface area contributed by atoms with Crippen molar-refractivity contribution in [3.05, 3.63) is 18.2 Å². The topological polar surface area (TPSA) is 83.6 Å². The number of aromatic nitrogens is 4. The summed E-state index contributed by atoms with van der Waals surface area (Å²) in [5.41, 5.74) is 0.732. The summed E-state index contributed by atoms with van der Waals surface area (Å²) in [5, 5.41) is 17.0. The normalized spacial score (nSPS) is 19.2. The Morgan fingerprint density at radius 3 is 3.16 bits per heavy atom. The van der Waals surface area contributed by atoms with Gasteiger partial charge in [0.15, 0.2) is 5.82 Å². The predicted octanol–water partition coefficient (Wildman–Crippen LogP) is 0.734. The van der Waals surface area contributed by atoms with Crippen molar-refractivity contribution in [3.8, 4) is 0 Å². The highest BCUT2D eigenvalue weighted by molar-refractivity contribution is 5.68. The molecule has 0 spiro atoms. The van der Waals surface area contributed by atoms with Gasteiger partial charge in [-0.05, 0) is 19.3 Å². The van der Waals surface area contributed by atoms with E-state index >= 15 is 0 Å². The minimum absolute atomic E-state index is 0.184. The molecule has 1 saturated heterocycles. The Kier molecular flexibility index (Phi) is 2.81. The highest BCUT2D eigenvalue weighted by Gasteiger charge is 2.27. The van der Waals surface area contributed by atoms with Gasteiger partial charge >= 0.3 is 5.97 Å². The third-order valence-electron chi connectivity index (χ3n) is 3.53. The van der Waals surface area contributed by atoms with Gasteiger partial charge in [-0.3, -0.25) is 9.20 Å². The molecule has 1 atom stereocenters. The maximum atomic E-state index is 10.8. The third-order valence-corrected chi connectivity index (χ3v) is 3.53. The van der Waals surface area contributed by atoms with E-state index in [0.29, 0.717) is 6.54 Å². The smallest absolute Gasteiger partial charge is 0.303 e. The molecule has 1 fully saturated rings. The van der Waals surface area contributed by atoms with E-state index in [-0.39, 0.29) is 12.3 Å². The molecule has 1 aliphatic rings. The van der Waals surface area contributed by atoms with Gasteiger partial charge in [-0.15, -0.1) is 10.2 Å². The van der Waals surface area contributed by atoms with Crippen LogP contribution < -0.4 is 4.90 Å². The zero-order valence-corrected chi connectivity index (χ0v) is 10.7. The molecule has 2 aromatic rings. The number of carbonyl (C=O) groups is 1. The van der Waals surface area contributed by atoms with E-state index in [0.717, 1.165) is 30.3 Å². The molecule has 1 N–H and O–H groups in total. The number of rotatable bonds is 3. The van der Waals surface area contributed by atoms with Gasteiger partial charge in [-0.1, -0.05) is 0 Å². The van der Waals surface area contributed by atoms with Crippen molar-refractivity contribution in [1.82, 2.24) is 19.6 Å². The maximum absolute atomic E-state index is 10.8. The molecule has 1 unspecified atom stereocenters. The summed E-state index contributed by atoms with van der Waals surface area (Å²) in [6.07, 6.45) is 4.65. The number of nitrogens with zero attached hydrogens (tertiary/aromatic N) is 5. The van der Waals surface area contributed by atoms with Crippen molar-refractivity contribution in [2.45, 2.75) is 19.8 Å². The zero-order valence-electron chi connectivity index (χ0n) is 10.7. The van der Waals surface area contributed by atoms with Gasteiger partial charge in [0.05, 0.1) is 0 Å². The average molecular weight is 261 g/mol. The van der Waals surface area contributed by atoms with E-state index < -0.39 is 5.97 Å². The van der Waals surface area contributed by atoms with Gasteiger partial charge in [0.1, 0.15) is 5.82 Å².